The van der Waals surface area contributed by atoms with Crippen LogP contribution in [0.15, 0.2) is 30.5 Å². The molecule has 252 valence electrons. The van der Waals surface area contributed by atoms with Crippen molar-refractivity contribution in [1.29, 1.82) is 0 Å². The van der Waals surface area contributed by atoms with Gasteiger partial charge in [0.05, 0.1) is 11.8 Å². The number of hydrogen-bond donors (Lipinski definition) is 4. The van der Waals surface area contributed by atoms with Gasteiger partial charge in [-0.1, -0.05) is 13.0 Å². The Morgan fingerprint density at radius 2 is 1.83 bits per heavy atom. The van der Waals surface area contributed by atoms with Crippen LogP contribution >= 0.6 is 0 Å². The number of benzene rings is 1. The number of aliphatic hydroxyl groups is 1. The number of ether oxygens (including phenoxy) is 1. The van der Waals surface area contributed by atoms with E-state index in [9.17, 15) is 24.3 Å². The minimum atomic E-state index is -1.02. The maximum absolute atomic E-state index is 15.6. The largest absolute Gasteiger partial charge is 0.393 e. The molecule has 0 radical (unpaired) electrons. The van der Waals surface area contributed by atoms with Crippen molar-refractivity contribution in [2.24, 2.45) is 5.92 Å². The lowest BCUT2D eigenvalue weighted by atomic mass is 9.77. The molecule has 1 aliphatic heterocycles. The minimum absolute atomic E-state index is 0.0862. The summed E-state index contributed by atoms with van der Waals surface area (Å²) < 4.78 is 22.0. The second-order valence-electron chi connectivity index (χ2n) is 12.7. The predicted octanol–water partition coefficient (Wildman–Crippen LogP) is 1.51. The zero-order valence-electron chi connectivity index (χ0n) is 27.3. The van der Waals surface area contributed by atoms with Gasteiger partial charge in [-0.05, 0) is 70.3 Å². The number of piperazine rings is 1. The van der Waals surface area contributed by atoms with Crippen molar-refractivity contribution in [1.82, 2.24) is 30.2 Å². The first-order valence-corrected chi connectivity index (χ1v) is 15.7. The zero-order chi connectivity index (χ0) is 33.7. The van der Waals surface area contributed by atoms with E-state index in [1.54, 1.807) is 28.6 Å². The molecule has 2 aliphatic rings. The number of nitrogens with one attached hydrogen (secondary N) is 3. The molecule has 2 fully saturated rings. The molecule has 2 aromatic rings. The van der Waals surface area contributed by atoms with Crippen molar-refractivity contribution in [3.05, 3.63) is 47.5 Å². The van der Waals surface area contributed by atoms with E-state index in [1.165, 1.54) is 25.4 Å². The second-order valence-corrected chi connectivity index (χ2v) is 12.7. The Hall–Kier alpha value is -3.88. The molecule has 0 spiro atoms. The number of aromatic nitrogens is 2. The molecule has 1 aromatic carbocycles. The second kappa shape index (κ2) is 15.1. The van der Waals surface area contributed by atoms with Crippen LogP contribution < -0.4 is 16.0 Å². The fraction of sp³-hybridized carbons (Fsp3) is 0.594. The van der Waals surface area contributed by atoms with Crippen molar-refractivity contribution in [3.8, 4) is 0 Å². The number of methoxy groups -OCH3 is 1. The normalized spacial score (nSPS) is 22.0. The van der Waals surface area contributed by atoms with Crippen LogP contribution in [0.1, 0.15) is 68.5 Å². The summed E-state index contributed by atoms with van der Waals surface area (Å²) in [6, 6.07) is 3.85. The van der Waals surface area contributed by atoms with Crippen molar-refractivity contribution >= 4 is 29.3 Å². The molecule has 1 aliphatic carbocycles. The van der Waals surface area contributed by atoms with Crippen LogP contribution in [0.25, 0.3) is 0 Å². The quantitative estimate of drug-likeness (QED) is 0.271. The van der Waals surface area contributed by atoms with E-state index >= 15 is 4.39 Å². The van der Waals surface area contributed by atoms with Gasteiger partial charge >= 0.3 is 0 Å². The van der Waals surface area contributed by atoms with E-state index in [0.29, 0.717) is 38.0 Å². The number of amides is 4. The highest BCUT2D eigenvalue weighted by molar-refractivity contribution is 6.01. The number of likely N-dealkylation sites (N-methyl/N-ethyl adjacent to an activating group) is 1. The number of carbonyl (C=O) groups is 4. The Bertz CT molecular complexity index is 1410. The number of halogens is 1. The van der Waals surface area contributed by atoms with Gasteiger partial charge in [-0.2, -0.15) is 5.10 Å². The molecule has 4 amide bonds. The molecule has 1 aromatic heterocycles. The lowest BCUT2D eigenvalue weighted by molar-refractivity contribution is -0.140. The average Bonchev–Trinajstić information content (AvgIpc) is 3.50. The highest BCUT2D eigenvalue weighted by atomic mass is 19.1. The molecular formula is C32H46FN7O6. The molecule has 4 rings (SSSR count). The van der Waals surface area contributed by atoms with Gasteiger partial charge in [0.2, 0.25) is 17.7 Å². The van der Waals surface area contributed by atoms with Gasteiger partial charge in [0.25, 0.3) is 5.91 Å². The van der Waals surface area contributed by atoms with E-state index in [0.717, 1.165) is 0 Å². The topological polar surface area (TPSA) is 158 Å². The number of carbonyl (C=O) groups excluding carboxylic acids is 4. The van der Waals surface area contributed by atoms with Gasteiger partial charge in [0.15, 0.2) is 0 Å². The third-order valence-corrected chi connectivity index (χ3v) is 8.99. The average molecular weight is 644 g/mol. The Balaban J connectivity index is 1.51. The third kappa shape index (κ3) is 8.09. The number of rotatable bonds is 12. The first kappa shape index (κ1) is 35.0. The van der Waals surface area contributed by atoms with Gasteiger partial charge < -0.3 is 35.6 Å². The molecule has 1 unspecified atom stereocenters. The van der Waals surface area contributed by atoms with Crippen molar-refractivity contribution in [3.63, 3.8) is 0 Å². The summed E-state index contributed by atoms with van der Waals surface area (Å²) >= 11 is 0. The zero-order valence-corrected chi connectivity index (χ0v) is 27.3. The first-order valence-electron chi connectivity index (χ1n) is 15.7. The molecule has 13 nitrogen and oxygen atoms in total. The molecule has 1 saturated heterocycles. The van der Waals surface area contributed by atoms with Crippen molar-refractivity contribution in [2.45, 2.75) is 76.7 Å². The molecule has 46 heavy (non-hydrogen) atoms. The first-order chi connectivity index (χ1) is 21.8. The van der Waals surface area contributed by atoms with E-state index in [-0.39, 0.29) is 41.9 Å². The Labute approximate surface area is 268 Å². The molecular weight excluding hydrogens is 597 g/mol. The predicted molar refractivity (Wildman–Crippen MR) is 169 cm³/mol. The SMILES string of the molecule is COCC(=O)N[C@@H](C(=O)N1CCN(C)[C@H](C)C1)[C@@H](C)c1ccc(NC(=O)C(NC(=O)c2ccnn2C(C)C)C2CC(O)C2)c(F)c1. The number of nitrogens with zero attached hydrogens (tertiary/aromatic N) is 4. The van der Waals surface area contributed by atoms with E-state index in [1.807, 2.05) is 27.8 Å². The number of aliphatic hydroxyl groups excluding tert-OH is 1. The standard InChI is InChI=1S/C32H46FN7O6/c1-18(2)40-26(9-10-34-40)30(43)37-29(22-13-23(41)14-22)31(44)35-25-8-7-21(15-24(25)33)20(4)28(36-27(42)17-46-6)32(45)39-12-11-38(5)19(3)16-39/h7-10,15,18-20,22-23,28-29,41H,11-14,16-17H2,1-6H3,(H,35,44)(H,36,42)(H,37,43)/t19-,20+,22?,23?,28-,29?/m1/s1. The molecule has 4 N–H and O–H groups in total. The van der Waals surface area contributed by atoms with Crippen LogP contribution in [0.4, 0.5) is 10.1 Å². The Morgan fingerprint density at radius 3 is 2.43 bits per heavy atom. The maximum atomic E-state index is 15.6. The lowest BCUT2D eigenvalue weighted by Gasteiger charge is -2.40. The van der Waals surface area contributed by atoms with Gasteiger partial charge in [0, 0.05) is 50.9 Å². The van der Waals surface area contributed by atoms with E-state index in [4.69, 9.17) is 4.74 Å². The fourth-order valence-electron chi connectivity index (χ4n) is 5.93. The van der Waals surface area contributed by atoms with E-state index < -0.39 is 47.6 Å². The molecule has 14 heteroatoms. The van der Waals surface area contributed by atoms with Gasteiger partial charge in [-0.25, -0.2) is 4.39 Å². The summed E-state index contributed by atoms with van der Waals surface area (Å²) in [7, 11) is 3.37. The van der Waals surface area contributed by atoms with Crippen molar-refractivity contribution in [2.75, 3.05) is 45.7 Å². The van der Waals surface area contributed by atoms with Gasteiger partial charge in [0.1, 0.15) is 30.2 Å². The summed E-state index contributed by atoms with van der Waals surface area (Å²) in [4.78, 5) is 56.6. The molecule has 1 saturated carbocycles. The summed E-state index contributed by atoms with van der Waals surface area (Å²) in [6.07, 6.45) is 1.56. The summed E-state index contributed by atoms with van der Waals surface area (Å²) in [5.41, 5.74) is 0.624. The molecule has 0 bridgehead atoms. The van der Waals surface area contributed by atoms with Gasteiger partial charge in [-0.3, -0.25) is 23.9 Å². The number of hydrogen-bond acceptors (Lipinski definition) is 8. The van der Waals surface area contributed by atoms with Crippen LogP contribution in [-0.4, -0.2) is 113 Å². The summed E-state index contributed by atoms with van der Waals surface area (Å²) in [5.74, 6) is -3.55. The third-order valence-electron chi connectivity index (χ3n) is 8.99. The fourth-order valence-corrected chi connectivity index (χ4v) is 5.93. The minimum Gasteiger partial charge on any atom is -0.393 e. The highest BCUT2D eigenvalue weighted by Gasteiger charge is 2.40. The van der Waals surface area contributed by atoms with Crippen LogP contribution in [0.5, 0.6) is 0 Å². The van der Waals surface area contributed by atoms with Crippen LogP contribution in [0, 0.1) is 11.7 Å². The highest BCUT2D eigenvalue weighted by Crippen LogP contribution is 2.32. The van der Waals surface area contributed by atoms with Crippen LogP contribution in [0.3, 0.4) is 0 Å². The monoisotopic (exact) mass is 643 g/mol. The van der Waals surface area contributed by atoms with Crippen molar-refractivity contribution < 1.29 is 33.4 Å². The molecule has 2 heterocycles. The summed E-state index contributed by atoms with van der Waals surface area (Å²) in [5, 5.41) is 22.2. The lowest BCUT2D eigenvalue weighted by Crippen LogP contribution is -2.58. The smallest absolute Gasteiger partial charge is 0.270 e. The summed E-state index contributed by atoms with van der Waals surface area (Å²) in [6.45, 7) is 8.96. The van der Waals surface area contributed by atoms with Crippen LogP contribution in [0.2, 0.25) is 0 Å². The number of anilines is 1. The molecule has 4 atom stereocenters. The Kier molecular flexibility index (Phi) is 11.5. The van der Waals surface area contributed by atoms with E-state index in [2.05, 4.69) is 25.9 Å². The van der Waals surface area contributed by atoms with Crippen LogP contribution in [-0.2, 0) is 19.1 Å². The van der Waals surface area contributed by atoms with Gasteiger partial charge in [-0.15, -0.1) is 0 Å². The maximum Gasteiger partial charge on any atom is 0.270 e. The Morgan fingerprint density at radius 1 is 1.11 bits per heavy atom.